The van der Waals surface area contributed by atoms with E-state index in [2.05, 4.69) is 39.8 Å². The van der Waals surface area contributed by atoms with E-state index in [1.165, 1.54) is 37.9 Å². The number of nitrogen functional groups attached to an aromatic ring is 1. The number of rotatable bonds is 5. The summed E-state index contributed by atoms with van der Waals surface area (Å²) in [6, 6.07) is 24.1. The maximum Gasteiger partial charge on any atom is 0.258 e. The van der Waals surface area contributed by atoms with E-state index in [9.17, 15) is 4.79 Å². The third-order valence-electron chi connectivity index (χ3n) is 6.18. The molecule has 1 amide bonds. The number of hydrogen-bond acceptors (Lipinski definition) is 4. The van der Waals surface area contributed by atoms with Gasteiger partial charge in [-0.05, 0) is 67.4 Å². The Kier molecular flexibility index (Phi) is 5.65. The van der Waals surface area contributed by atoms with Crippen LogP contribution in [0.4, 0.5) is 17.1 Å². The summed E-state index contributed by atoms with van der Waals surface area (Å²) in [7, 11) is 0. The number of nitrogens with zero attached hydrogens (tertiary/aromatic N) is 1. The standard InChI is InChI=1S/C27H28N4O/c28-21-11-14-23-24(17-21)30-27(32)25(23)26(20-7-3-1-4-8-20)29-22-12-9-19(10-13-22)18-31-15-5-2-6-16-31/h1,3-4,7-14,17,29H,2,5-6,15-16,18,28H2,(H,30,32)/b26-25-. The summed E-state index contributed by atoms with van der Waals surface area (Å²) in [6.45, 7) is 3.36. The Morgan fingerprint density at radius 3 is 2.44 bits per heavy atom. The van der Waals surface area contributed by atoms with Crippen molar-refractivity contribution in [3.05, 3.63) is 89.5 Å². The molecule has 0 aliphatic carbocycles. The van der Waals surface area contributed by atoms with Gasteiger partial charge in [0.25, 0.3) is 5.91 Å². The fraction of sp³-hybridized carbons (Fsp3) is 0.222. The number of nitrogens with two attached hydrogens (primary N) is 1. The number of piperidine rings is 1. The van der Waals surface area contributed by atoms with Gasteiger partial charge in [-0.1, -0.05) is 48.9 Å². The van der Waals surface area contributed by atoms with E-state index < -0.39 is 0 Å². The lowest BCUT2D eigenvalue weighted by molar-refractivity contribution is -0.110. The maximum atomic E-state index is 13.0. The number of carbonyl (C=O) groups is 1. The van der Waals surface area contributed by atoms with Crippen LogP contribution < -0.4 is 16.4 Å². The Morgan fingerprint density at radius 2 is 1.69 bits per heavy atom. The van der Waals surface area contributed by atoms with Crippen LogP contribution in [-0.4, -0.2) is 23.9 Å². The Morgan fingerprint density at radius 1 is 0.938 bits per heavy atom. The molecule has 3 aromatic rings. The summed E-state index contributed by atoms with van der Waals surface area (Å²) in [6.07, 6.45) is 3.94. The summed E-state index contributed by atoms with van der Waals surface area (Å²) < 4.78 is 0. The van der Waals surface area contributed by atoms with Crippen LogP contribution >= 0.6 is 0 Å². The lowest BCUT2D eigenvalue weighted by Crippen LogP contribution is -2.29. The number of nitrogens with one attached hydrogen (secondary N) is 2. The molecule has 3 aromatic carbocycles. The van der Waals surface area contributed by atoms with Gasteiger partial charge < -0.3 is 16.4 Å². The second-order valence-corrected chi connectivity index (χ2v) is 8.53. The largest absolute Gasteiger partial charge is 0.399 e. The van der Waals surface area contributed by atoms with Crippen molar-refractivity contribution in [2.45, 2.75) is 25.8 Å². The van der Waals surface area contributed by atoms with Crippen molar-refractivity contribution in [2.75, 3.05) is 29.5 Å². The molecule has 2 aliphatic heterocycles. The van der Waals surface area contributed by atoms with Crippen molar-refractivity contribution in [1.82, 2.24) is 4.90 Å². The molecular formula is C27H28N4O. The van der Waals surface area contributed by atoms with Crippen molar-refractivity contribution in [1.29, 1.82) is 0 Å². The molecule has 2 heterocycles. The molecule has 162 valence electrons. The highest BCUT2D eigenvalue weighted by molar-refractivity contribution is 6.37. The average molecular weight is 425 g/mol. The molecule has 0 unspecified atom stereocenters. The molecule has 1 fully saturated rings. The monoisotopic (exact) mass is 424 g/mol. The quantitative estimate of drug-likeness (QED) is 0.390. The Labute approximate surface area is 188 Å². The van der Waals surface area contributed by atoms with Crippen molar-refractivity contribution in [2.24, 2.45) is 0 Å². The van der Waals surface area contributed by atoms with Gasteiger partial charge in [0.2, 0.25) is 0 Å². The van der Waals surface area contributed by atoms with E-state index in [4.69, 9.17) is 5.73 Å². The van der Waals surface area contributed by atoms with E-state index in [1.807, 2.05) is 42.5 Å². The normalized spacial score (nSPS) is 17.6. The van der Waals surface area contributed by atoms with Crippen LogP contribution in [0.5, 0.6) is 0 Å². The first kappa shape index (κ1) is 20.3. The molecule has 4 N–H and O–H groups in total. The lowest BCUT2D eigenvalue weighted by atomic mass is 9.99. The number of benzene rings is 3. The molecule has 0 radical (unpaired) electrons. The SMILES string of the molecule is Nc1ccc2c(c1)NC(=O)/C2=C(\Nc1ccc(CN2CCCCC2)cc1)c1ccccc1. The van der Waals surface area contributed by atoms with Crippen molar-refractivity contribution >= 4 is 34.2 Å². The number of carbonyl (C=O) groups excluding carboxylic acids is 1. The van der Waals surface area contributed by atoms with Crippen LogP contribution in [0.15, 0.2) is 72.8 Å². The molecule has 0 atom stereocenters. The number of anilines is 3. The van der Waals surface area contributed by atoms with E-state index in [1.54, 1.807) is 6.07 Å². The fourth-order valence-corrected chi connectivity index (χ4v) is 4.54. The Hall–Kier alpha value is -3.57. The summed E-state index contributed by atoms with van der Waals surface area (Å²) in [5, 5.41) is 6.48. The summed E-state index contributed by atoms with van der Waals surface area (Å²) in [5.41, 5.74) is 12.8. The second kappa shape index (κ2) is 8.89. The molecule has 1 saturated heterocycles. The van der Waals surface area contributed by atoms with Gasteiger partial charge in [0.15, 0.2) is 0 Å². The topological polar surface area (TPSA) is 70.4 Å². The van der Waals surface area contributed by atoms with E-state index in [-0.39, 0.29) is 5.91 Å². The molecule has 2 aliphatic rings. The molecule has 5 rings (SSSR count). The van der Waals surface area contributed by atoms with Gasteiger partial charge >= 0.3 is 0 Å². The number of hydrogen-bond donors (Lipinski definition) is 3. The number of amides is 1. The van der Waals surface area contributed by atoms with Gasteiger partial charge in [0.1, 0.15) is 0 Å². The Balaban J connectivity index is 1.47. The predicted molar refractivity (Wildman–Crippen MR) is 132 cm³/mol. The zero-order valence-corrected chi connectivity index (χ0v) is 18.1. The molecule has 5 nitrogen and oxygen atoms in total. The van der Waals surface area contributed by atoms with Crippen LogP contribution in [0.1, 0.15) is 36.0 Å². The highest BCUT2D eigenvalue weighted by atomic mass is 16.2. The van der Waals surface area contributed by atoms with Gasteiger partial charge in [-0.2, -0.15) is 0 Å². The zero-order valence-electron chi connectivity index (χ0n) is 18.1. The third-order valence-corrected chi connectivity index (χ3v) is 6.18. The minimum absolute atomic E-state index is 0.126. The van der Waals surface area contributed by atoms with Gasteiger partial charge in [-0.25, -0.2) is 0 Å². The highest BCUT2D eigenvalue weighted by Crippen LogP contribution is 2.38. The predicted octanol–water partition coefficient (Wildman–Crippen LogP) is 5.19. The smallest absolute Gasteiger partial charge is 0.258 e. The summed E-state index contributed by atoms with van der Waals surface area (Å²) in [5.74, 6) is -0.126. The average Bonchev–Trinajstić information content (AvgIpc) is 3.14. The second-order valence-electron chi connectivity index (χ2n) is 8.53. The zero-order chi connectivity index (χ0) is 21.9. The first-order valence-electron chi connectivity index (χ1n) is 11.3. The number of likely N-dealkylation sites (tertiary alicyclic amines) is 1. The summed E-state index contributed by atoms with van der Waals surface area (Å²) in [4.78, 5) is 15.5. The summed E-state index contributed by atoms with van der Waals surface area (Å²) >= 11 is 0. The molecular weight excluding hydrogens is 396 g/mol. The number of fused-ring (bicyclic) bond motifs is 1. The van der Waals surface area contributed by atoms with Crippen LogP contribution in [0, 0.1) is 0 Å². The molecule has 0 bridgehead atoms. The molecule has 32 heavy (non-hydrogen) atoms. The van der Waals surface area contributed by atoms with Crippen molar-refractivity contribution < 1.29 is 4.79 Å². The minimum atomic E-state index is -0.126. The first-order chi connectivity index (χ1) is 15.7. The lowest BCUT2D eigenvalue weighted by Gasteiger charge is -2.26. The van der Waals surface area contributed by atoms with E-state index in [0.29, 0.717) is 11.3 Å². The molecule has 0 saturated carbocycles. The van der Waals surface area contributed by atoms with Crippen molar-refractivity contribution in [3.63, 3.8) is 0 Å². The van der Waals surface area contributed by atoms with Crippen LogP contribution in [0.2, 0.25) is 0 Å². The van der Waals surface area contributed by atoms with Crippen LogP contribution in [0.3, 0.4) is 0 Å². The van der Waals surface area contributed by atoms with Gasteiger partial charge in [-0.15, -0.1) is 0 Å². The van der Waals surface area contributed by atoms with Crippen LogP contribution in [-0.2, 0) is 11.3 Å². The molecule has 0 spiro atoms. The minimum Gasteiger partial charge on any atom is -0.399 e. The van der Waals surface area contributed by atoms with E-state index in [0.717, 1.165) is 34.7 Å². The van der Waals surface area contributed by atoms with Crippen molar-refractivity contribution in [3.8, 4) is 0 Å². The molecule has 0 aromatic heterocycles. The maximum absolute atomic E-state index is 13.0. The first-order valence-corrected chi connectivity index (χ1v) is 11.3. The van der Waals surface area contributed by atoms with E-state index >= 15 is 0 Å². The highest BCUT2D eigenvalue weighted by Gasteiger charge is 2.28. The fourth-order valence-electron chi connectivity index (χ4n) is 4.54. The third kappa shape index (κ3) is 4.25. The van der Waals surface area contributed by atoms with Gasteiger partial charge in [0, 0.05) is 23.5 Å². The Bertz CT molecular complexity index is 1150. The van der Waals surface area contributed by atoms with Crippen LogP contribution in [0.25, 0.3) is 11.3 Å². The molecule has 5 heteroatoms. The van der Waals surface area contributed by atoms with Gasteiger partial charge in [-0.3, -0.25) is 9.69 Å². The van der Waals surface area contributed by atoms with Gasteiger partial charge in [0.05, 0.1) is 17.0 Å².